The van der Waals surface area contributed by atoms with Gasteiger partial charge in [0.15, 0.2) is 0 Å². The molecule has 0 rings (SSSR count). The second-order valence-electron chi connectivity index (χ2n) is 3.05. The maximum atomic E-state index is 10.6. The first-order valence-electron chi connectivity index (χ1n) is 3.78. The Kier molecular flexibility index (Phi) is 4.50. The van der Waals surface area contributed by atoms with Crippen molar-refractivity contribution >= 4 is 20.2 Å². The van der Waals surface area contributed by atoms with Crippen molar-refractivity contribution in [1.29, 1.82) is 0 Å². The highest BCUT2D eigenvalue weighted by Crippen LogP contribution is 2.15. The van der Waals surface area contributed by atoms with E-state index in [0.29, 0.717) is 0 Å². The van der Waals surface area contributed by atoms with Crippen LogP contribution >= 0.6 is 0 Å². The number of rotatable bonds is 5. The van der Waals surface area contributed by atoms with Crippen molar-refractivity contribution < 1.29 is 25.9 Å². The van der Waals surface area contributed by atoms with Gasteiger partial charge in [0, 0.05) is 0 Å². The van der Waals surface area contributed by atoms with Crippen LogP contribution in [-0.4, -0.2) is 36.9 Å². The van der Waals surface area contributed by atoms with Gasteiger partial charge in [0.25, 0.3) is 20.2 Å². The van der Waals surface area contributed by atoms with Crippen LogP contribution in [0.25, 0.3) is 0 Å². The largest absolute Gasteiger partial charge is 0.286 e. The Morgan fingerprint density at radius 3 is 1.93 bits per heavy atom. The molecule has 0 bridgehead atoms. The van der Waals surface area contributed by atoms with Gasteiger partial charge in [0.1, 0.15) is 0 Å². The molecule has 0 aromatic carbocycles. The van der Waals surface area contributed by atoms with E-state index in [1.54, 1.807) is 0 Å². The molecular formula is C6H13O6S2. The maximum absolute atomic E-state index is 10.6. The van der Waals surface area contributed by atoms with Gasteiger partial charge in [-0.3, -0.25) is 9.11 Å². The summed E-state index contributed by atoms with van der Waals surface area (Å²) in [5.41, 5.74) is 0. The average Bonchev–Trinajstić information content (AvgIpc) is 1.95. The normalized spacial score (nSPS) is 17.7. The third-order valence-electron chi connectivity index (χ3n) is 1.88. The van der Waals surface area contributed by atoms with E-state index in [0.717, 1.165) is 0 Å². The SMILES string of the molecule is [CH2]C(CCS(=O)(=O)O)C(C)S(=O)(=O)O. The lowest BCUT2D eigenvalue weighted by molar-refractivity contribution is 0.441. The summed E-state index contributed by atoms with van der Waals surface area (Å²) in [4.78, 5) is 0. The van der Waals surface area contributed by atoms with Crippen molar-refractivity contribution in [3.63, 3.8) is 0 Å². The minimum absolute atomic E-state index is 0.125. The predicted octanol–water partition coefficient (Wildman–Crippen LogP) is -0.00911. The average molecular weight is 245 g/mol. The lowest BCUT2D eigenvalue weighted by Gasteiger charge is -2.15. The molecule has 2 atom stereocenters. The fourth-order valence-electron chi connectivity index (χ4n) is 0.778. The van der Waals surface area contributed by atoms with E-state index in [1.807, 2.05) is 0 Å². The molecule has 85 valence electrons. The van der Waals surface area contributed by atoms with Gasteiger partial charge in [-0.1, -0.05) is 0 Å². The van der Waals surface area contributed by atoms with Crippen molar-refractivity contribution in [3.8, 4) is 0 Å². The van der Waals surface area contributed by atoms with Gasteiger partial charge in [-0.25, -0.2) is 0 Å². The van der Waals surface area contributed by atoms with Crippen LogP contribution in [0, 0.1) is 12.8 Å². The summed E-state index contributed by atoms with van der Waals surface area (Å²) in [7, 11) is -8.32. The molecule has 0 aromatic rings. The Morgan fingerprint density at radius 1 is 1.21 bits per heavy atom. The summed E-state index contributed by atoms with van der Waals surface area (Å²) in [6.07, 6.45) is -0.125. The van der Waals surface area contributed by atoms with Crippen LogP contribution in [0.2, 0.25) is 0 Å². The maximum Gasteiger partial charge on any atom is 0.267 e. The molecule has 0 saturated carbocycles. The van der Waals surface area contributed by atoms with Crippen LogP contribution in [0.3, 0.4) is 0 Å². The highest BCUT2D eigenvalue weighted by atomic mass is 32.2. The van der Waals surface area contributed by atoms with E-state index < -0.39 is 37.2 Å². The monoisotopic (exact) mass is 245 g/mol. The molecule has 0 heterocycles. The van der Waals surface area contributed by atoms with Gasteiger partial charge in [-0.05, 0) is 26.2 Å². The van der Waals surface area contributed by atoms with E-state index in [-0.39, 0.29) is 6.42 Å². The molecule has 0 aliphatic carbocycles. The van der Waals surface area contributed by atoms with Crippen LogP contribution in [0.15, 0.2) is 0 Å². The van der Waals surface area contributed by atoms with Gasteiger partial charge in [-0.15, -0.1) is 0 Å². The highest BCUT2D eigenvalue weighted by Gasteiger charge is 2.25. The Bertz CT molecular complexity index is 367. The molecule has 0 spiro atoms. The minimum atomic E-state index is -4.21. The van der Waals surface area contributed by atoms with Gasteiger partial charge in [0.05, 0.1) is 11.0 Å². The molecule has 0 saturated heterocycles. The number of hydrogen-bond acceptors (Lipinski definition) is 4. The van der Waals surface area contributed by atoms with Crippen molar-refractivity contribution in [2.24, 2.45) is 5.92 Å². The molecule has 14 heavy (non-hydrogen) atoms. The molecule has 1 radical (unpaired) electrons. The van der Waals surface area contributed by atoms with Crippen LogP contribution in [-0.2, 0) is 20.2 Å². The third kappa shape index (κ3) is 5.53. The van der Waals surface area contributed by atoms with Gasteiger partial charge < -0.3 is 0 Å². The van der Waals surface area contributed by atoms with Crippen molar-refractivity contribution in [2.45, 2.75) is 18.6 Å². The van der Waals surface area contributed by atoms with E-state index in [9.17, 15) is 16.8 Å². The fraction of sp³-hybridized carbons (Fsp3) is 0.833. The topological polar surface area (TPSA) is 109 Å². The minimum Gasteiger partial charge on any atom is -0.286 e. The first kappa shape index (κ1) is 13.8. The van der Waals surface area contributed by atoms with Crippen LogP contribution in [0.4, 0.5) is 0 Å². The Labute approximate surface area is 83.8 Å². The van der Waals surface area contributed by atoms with E-state index >= 15 is 0 Å². The summed E-state index contributed by atoms with van der Waals surface area (Å²) in [5, 5.41) is -1.15. The molecule has 0 amide bonds. The number of hydrogen-bond donors (Lipinski definition) is 2. The molecule has 6 nitrogen and oxygen atoms in total. The zero-order valence-electron chi connectivity index (χ0n) is 7.62. The van der Waals surface area contributed by atoms with Crippen LogP contribution in [0.1, 0.15) is 13.3 Å². The molecule has 0 aliphatic heterocycles. The van der Waals surface area contributed by atoms with E-state index in [2.05, 4.69) is 6.92 Å². The molecule has 0 aromatic heterocycles. The second-order valence-corrected chi connectivity index (χ2v) is 6.40. The van der Waals surface area contributed by atoms with Crippen molar-refractivity contribution in [1.82, 2.24) is 0 Å². The molecule has 0 fully saturated rings. The standard InChI is InChI=1S/C6H13O6S2/c1-5(3-4-13(7,8)9)6(2)14(10,11)12/h5-6H,1,3-4H2,2H3,(H,7,8,9)(H,10,11,12). The fourth-order valence-corrected chi connectivity index (χ4v) is 2.00. The molecular weight excluding hydrogens is 232 g/mol. The first-order chi connectivity index (χ1) is 6.04. The summed E-state index contributed by atoms with van der Waals surface area (Å²) in [6, 6.07) is 0. The van der Waals surface area contributed by atoms with Crippen LogP contribution in [0.5, 0.6) is 0 Å². The van der Waals surface area contributed by atoms with Gasteiger partial charge in [0.2, 0.25) is 0 Å². The quantitative estimate of drug-likeness (QED) is 0.659. The Hall–Kier alpha value is -0.180. The summed E-state index contributed by atoms with van der Waals surface area (Å²) in [5.74, 6) is -1.35. The summed E-state index contributed by atoms with van der Waals surface area (Å²) in [6.45, 7) is 4.61. The second kappa shape index (κ2) is 4.56. The van der Waals surface area contributed by atoms with Gasteiger partial charge >= 0.3 is 0 Å². The zero-order valence-corrected chi connectivity index (χ0v) is 9.25. The molecule has 8 heteroatoms. The van der Waals surface area contributed by atoms with Crippen molar-refractivity contribution in [3.05, 3.63) is 6.92 Å². The van der Waals surface area contributed by atoms with Crippen molar-refractivity contribution in [2.75, 3.05) is 5.75 Å². The first-order valence-corrected chi connectivity index (χ1v) is 6.90. The summed E-state index contributed by atoms with van der Waals surface area (Å²) < 4.78 is 58.8. The van der Waals surface area contributed by atoms with Gasteiger partial charge in [-0.2, -0.15) is 16.8 Å². The van der Waals surface area contributed by atoms with E-state index in [1.165, 1.54) is 6.92 Å². The molecule has 2 unspecified atom stereocenters. The zero-order chi connectivity index (χ0) is 11.6. The van der Waals surface area contributed by atoms with Crippen LogP contribution < -0.4 is 0 Å². The Balaban J connectivity index is 4.31. The Morgan fingerprint density at radius 2 is 1.64 bits per heavy atom. The highest BCUT2D eigenvalue weighted by molar-refractivity contribution is 7.86. The molecule has 0 aliphatic rings. The predicted molar refractivity (Wildman–Crippen MR) is 50.9 cm³/mol. The lowest BCUT2D eigenvalue weighted by atomic mass is 10.1. The summed E-state index contributed by atoms with van der Waals surface area (Å²) >= 11 is 0. The third-order valence-corrected chi connectivity index (χ3v) is 3.96. The van der Waals surface area contributed by atoms with E-state index in [4.69, 9.17) is 9.11 Å². The smallest absolute Gasteiger partial charge is 0.267 e. The molecule has 2 N–H and O–H groups in total. The lowest BCUT2D eigenvalue weighted by Crippen LogP contribution is -2.26.